The highest BCUT2D eigenvalue weighted by molar-refractivity contribution is 9.10. The smallest absolute Gasteiger partial charge is 0.234 e. The first-order valence-electron chi connectivity index (χ1n) is 4.58. The number of nitrogens with zero attached hydrogens (tertiary/aromatic N) is 1. The average molecular weight is 260 g/mol. The molecule has 1 aromatic heterocycles. The molecule has 0 saturated heterocycles. The van der Waals surface area contributed by atoms with Crippen LogP contribution in [0.25, 0.3) is 0 Å². The van der Waals surface area contributed by atoms with E-state index < -0.39 is 0 Å². The van der Waals surface area contributed by atoms with E-state index in [1.54, 1.807) is 12.4 Å². The Kier molecular flexibility index (Phi) is 4.13. The van der Waals surface area contributed by atoms with Gasteiger partial charge in [-0.15, -0.1) is 0 Å². The van der Waals surface area contributed by atoms with Crippen LogP contribution in [-0.2, 0) is 4.79 Å². The highest BCUT2D eigenvalue weighted by atomic mass is 79.9. The number of amides is 1. The maximum atomic E-state index is 11.5. The highest BCUT2D eigenvalue weighted by Gasteiger charge is 2.15. The van der Waals surface area contributed by atoms with E-state index in [4.69, 9.17) is 0 Å². The first kappa shape index (κ1) is 11.2. The summed E-state index contributed by atoms with van der Waals surface area (Å²) in [6, 6.07) is -0.00662. The second kappa shape index (κ2) is 5.14. The van der Waals surface area contributed by atoms with Crippen LogP contribution < -0.4 is 5.32 Å². The summed E-state index contributed by atoms with van der Waals surface area (Å²) in [5.41, 5.74) is 0.981. The molecule has 0 aliphatic heterocycles. The van der Waals surface area contributed by atoms with Crippen LogP contribution in [0.3, 0.4) is 0 Å². The van der Waals surface area contributed by atoms with Crippen molar-refractivity contribution in [2.75, 3.05) is 0 Å². The Labute approximate surface area is 91.6 Å². The molecule has 1 aromatic rings. The minimum atomic E-state index is -0.114. The molecular weight excluding hydrogens is 246 g/mol. The molecule has 0 aromatic carbocycles. The molecule has 14 heavy (non-hydrogen) atoms. The van der Waals surface area contributed by atoms with Crippen molar-refractivity contribution in [3.8, 4) is 0 Å². The molecule has 78 valence electrons. The molecule has 2 atom stereocenters. The molecule has 4 nitrogen and oxygen atoms in total. The molecule has 0 aliphatic carbocycles. The summed E-state index contributed by atoms with van der Waals surface area (Å²) in [5.74, 6) is 0.0150. The fourth-order valence-corrected chi connectivity index (χ4v) is 1.20. The zero-order valence-corrected chi connectivity index (χ0v) is 9.84. The Morgan fingerprint density at radius 2 is 2.50 bits per heavy atom. The maximum absolute atomic E-state index is 11.5. The second-order valence-corrected chi connectivity index (χ2v) is 4.24. The number of carbonyl (C=O) groups excluding carboxylic acids is 1. The Morgan fingerprint density at radius 1 is 1.79 bits per heavy atom. The van der Waals surface area contributed by atoms with Crippen molar-refractivity contribution in [3.05, 3.63) is 18.0 Å². The molecule has 5 heteroatoms. The first-order chi connectivity index (χ1) is 6.65. The van der Waals surface area contributed by atoms with E-state index in [1.807, 2.05) is 13.8 Å². The topological polar surface area (TPSA) is 57.8 Å². The summed E-state index contributed by atoms with van der Waals surface area (Å²) < 4.78 is 0. The molecule has 2 unspecified atom stereocenters. The molecule has 1 heterocycles. The van der Waals surface area contributed by atoms with Gasteiger partial charge in [-0.05, 0) is 13.3 Å². The van der Waals surface area contributed by atoms with E-state index in [0.29, 0.717) is 0 Å². The van der Waals surface area contributed by atoms with Crippen LogP contribution in [0.2, 0.25) is 0 Å². The largest absolute Gasteiger partial charge is 0.348 e. The van der Waals surface area contributed by atoms with E-state index in [1.165, 1.54) is 0 Å². The highest BCUT2D eigenvalue weighted by Crippen LogP contribution is 2.11. The maximum Gasteiger partial charge on any atom is 0.234 e. The summed E-state index contributed by atoms with van der Waals surface area (Å²) in [4.78, 5) is 11.4. The molecule has 0 fully saturated rings. The van der Waals surface area contributed by atoms with E-state index in [2.05, 4.69) is 31.4 Å². The lowest BCUT2D eigenvalue weighted by atomic mass is 10.2. The van der Waals surface area contributed by atoms with Gasteiger partial charge in [-0.3, -0.25) is 9.89 Å². The Bertz CT molecular complexity index is 286. The summed E-state index contributed by atoms with van der Waals surface area (Å²) in [6.45, 7) is 3.89. The van der Waals surface area contributed by atoms with Crippen molar-refractivity contribution in [2.24, 2.45) is 0 Å². The summed E-state index contributed by atoms with van der Waals surface area (Å²) in [6.07, 6.45) is 4.27. The quantitative estimate of drug-likeness (QED) is 0.810. The Balaban J connectivity index is 2.49. The van der Waals surface area contributed by atoms with Crippen LogP contribution in [0, 0.1) is 0 Å². The monoisotopic (exact) mass is 259 g/mol. The lowest BCUT2D eigenvalue weighted by molar-refractivity contribution is -0.121. The molecule has 0 radical (unpaired) electrons. The van der Waals surface area contributed by atoms with Gasteiger partial charge in [0.05, 0.1) is 17.1 Å². The molecule has 0 aliphatic rings. The van der Waals surface area contributed by atoms with E-state index in [9.17, 15) is 4.79 Å². The number of alkyl halides is 1. The number of halogens is 1. The molecule has 0 bridgehead atoms. The van der Waals surface area contributed by atoms with Crippen LogP contribution in [-0.4, -0.2) is 20.9 Å². The number of aromatic amines is 1. The second-order valence-electron chi connectivity index (χ2n) is 3.14. The van der Waals surface area contributed by atoms with Crippen LogP contribution in [0.1, 0.15) is 31.9 Å². The summed E-state index contributed by atoms with van der Waals surface area (Å²) in [5, 5.41) is 9.43. The van der Waals surface area contributed by atoms with Gasteiger partial charge < -0.3 is 5.32 Å². The van der Waals surface area contributed by atoms with Crippen molar-refractivity contribution >= 4 is 21.8 Å². The van der Waals surface area contributed by atoms with Crippen LogP contribution >= 0.6 is 15.9 Å². The number of nitrogens with one attached hydrogen (secondary N) is 2. The van der Waals surface area contributed by atoms with Gasteiger partial charge in [0.25, 0.3) is 0 Å². The number of hydrogen-bond acceptors (Lipinski definition) is 2. The number of H-pyrrole nitrogens is 1. The van der Waals surface area contributed by atoms with Crippen LogP contribution in [0.15, 0.2) is 12.4 Å². The van der Waals surface area contributed by atoms with Gasteiger partial charge in [0.1, 0.15) is 0 Å². The predicted octanol–water partition coefficient (Wildman–Crippen LogP) is 1.76. The molecule has 2 N–H and O–H groups in total. The Morgan fingerprint density at radius 3 is 3.00 bits per heavy atom. The molecule has 0 saturated carbocycles. The first-order valence-corrected chi connectivity index (χ1v) is 5.49. The third kappa shape index (κ3) is 2.83. The molecule has 0 spiro atoms. The van der Waals surface area contributed by atoms with Gasteiger partial charge in [0, 0.05) is 11.8 Å². The molecular formula is C9H14BrN3O. The van der Waals surface area contributed by atoms with Crippen molar-refractivity contribution in [3.63, 3.8) is 0 Å². The van der Waals surface area contributed by atoms with Crippen molar-refractivity contribution in [1.82, 2.24) is 15.5 Å². The number of aromatic nitrogens is 2. The fourth-order valence-electron chi connectivity index (χ4n) is 1.07. The minimum Gasteiger partial charge on any atom is -0.348 e. The minimum absolute atomic E-state index is 0.00662. The molecule has 1 amide bonds. The van der Waals surface area contributed by atoms with Gasteiger partial charge in [0.15, 0.2) is 0 Å². The molecule has 1 rings (SSSR count). The van der Waals surface area contributed by atoms with E-state index in [-0.39, 0.29) is 16.8 Å². The number of carbonyl (C=O) groups is 1. The normalized spacial score (nSPS) is 14.8. The SMILES string of the molecule is CCC(Br)C(=O)NC(C)c1cn[nH]c1. The number of rotatable bonds is 4. The van der Waals surface area contributed by atoms with Crippen LogP contribution in [0.4, 0.5) is 0 Å². The van der Waals surface area contributed by atoms with E-state index in [0.717, 1.165) is 12.0 Å². The fraction of sp³-hybridized carbons (Fsp3) is 0.556. The van der Waals surface area contributed by atoms with Gasteiger partial charge in [-0.2, -0.15) is 5.10 Å². The zero-order chi connectivity index (χ0) is 10.6. The van der Waals surface area contributed by atoms with Crippen molar-refractivity contribution < 1.29 is 4.79 Å². The third-order valence-corrected chi connectivity index (χ3v) is 3.08. The Hall–Kier alpha value is -0.840. The van der Waals surface area contributed by atoms with Gasteiger partial charge in [0.2, 0.25) is 5.91 Å². The summed E-state index contributed by atoms with van der Waals surface area (Å²) in [7, 11) is 0. The predicted molar refractivity (Wildman–Crippen MR) is 58.2 cm³/mol. The number of hydrogen-bond donors (Lipinski definition) is 2. The van der Waals surface area contributed by atoms with Crippen LogP contribution in [0.5, 0.6) is 0 Å². The lowest BCUT2D eigenvalue weighted by Crippen LogP contribution is -2.32. The van der Waals surface area contributed by atoms with Gasteiger partial charge >= 0.3 is 0 Å². The standard InChI is InChI=1S/C9H14BrN3O/c1-3-8(10)9(14)13-6(2)7-4-11-12-5-7/h4-6,8H,3H2,1-2H3,(H,11,12)(H,13,14). The van der Waals surface area contributed by atoms with Gasteiger partial charge in [-0.25, -0.2) is 0 Å². The van der Waals surface area contributed by atoms with Crippen molar-refractivity contribution in [1.29, 1.82) is 0 Å². The lowest BCUT2D eigenvalue weighted by Gasteiger charge is -2.14. The third-order valence-electron chi connectivity index (χ3n) is 2.02. The van der Waals surface area contributed by atoms with E-state index >= 15 is 0 Å². The summed E-state index contributed by atoms with van der Waals surface area (Å²) >= 11 is 3.30. The zero-order valence-electron chi connectivity index (χ0n) is 8.25. The average Bonchev–Trinajstić information content (AvgIpc) is 2.69. The van der Waals surface area contributed by atoms with Crippen molar-refractivity contribution in [2.45, 2.75) is 31.1 Å². The van der Waals surface area contributed by atoms with Gasteiger partial charge in [-0.1, -0.05) is 22.9 Å².